The van der Waals surface area contributed by atoms with Crippen LogP contribution in [0, 0.1) is 5.92 Å². The van der Waals surface area contributed by atoms with Crippen molar-refractivity contribution in [1.82, 2.24) is 4.98 Å². The number of rotatable bonds is 5. The van der Waals surface area contributed by atoms with Crippen molar-refractivity contribution in [2.45, 2.75) is 33.2 Å². The molecule has 1 heterocycles. The Morgan fingerprint density at radius 1 is 1.59 bits per heavy atom. The highest BCUT2D eigenvalue weighted by Crippen LogP contribution is 2.25. The summed E-state index contributed by atoms with van der Waals surface area (Å²) in [5.41, 5.74) is 0.0720. The molecule has 0 amide bonds. The summed E-state index contributed by atoms with van der Waals surface area (Å²) >= 11 is 6.00. The minimum Gasteiger partial charge on any atom is -0.478 e. The van der Waals surface area contributed by atoms with E-state index in [0.29, 0.717) is 11.7 Å². The van der Waals surface area contributed by atoms with Gasteiger partial charge in [0, 0.05) is 12.2 Å². The van der Waals surface area contributed by atoms with Gasteiger partial charge >= 0.3 is 5.97 Å². The van der Waals surface area contributed by atoms with Gasteiger partial charge in [0.1, 0.15) is 5.82 Å². The molecule has 2 N–H and O–H groups in total. The van der Waals surface area contributed by atoms with Gasteiger partial charge in [-0.2, -0.15) is 0 Å². The fraction of sp³-hybridized carbons (Fsp3) is 0.500. The van der Waals surface area contributed by atoms with Crippen LogP contribution in [0.4, 0.5) is 5.82 Å². The lowest BCUT2D eigenvalue weighted by molar-refractivity contribution is 0.0697. The number of carboxylic acid groups (broad SMARTS) is 1. The van der Waals surface area contributed by atoms with Crippen LogP contribution in [-0.4, -0.2) is 22.1 Å². The highest BCUT2D eigenvalue weighted by molar-refractivity contribution is 6.35. The molecule has 0 bridgehead atoms. The zero-order chi connectivity index (χ0) is 13.0. The Balaban J connectivity index is 2.99. The van der Waals surface area contributed by atoms with Crippen LogP contribution in [-0.2, 0) is 0 Å². The van der Waals surface area contributed by atoms with E-state index in [1.54, 1.807) is 0 Å². The molecule has 0 fully saturated rings. The fourth-order valence-electron chi connectivity index (χ4n) is 1.63. The lowest BCUT2D eigenvalue weighted by Crippen LogP contribution is -2.25. The second-order valence-electron chi connectivity index (χ2n) is 4.23. The second kappa shape index (κ2) is 5.87. The fourth-order valence-corrected chi connectivity index (χ4v) is 1.87. The maximum Gasteiger partial charge on any atom is 0.337 e. The van der Waals surface area contributed by atoms with Crippen molar-refractivity contribution in [2.24, 2.45) is 5.92 Å². The number of nitrogens with zero attached hydrogens (tertiary/aromatic N) is 1. The van der Waals surface area contributed by atoms with Gasteiger partial charge in [-0.1, -0.05) is 32.4 Å². The third-order valence-electron chi connectivity index (χ3n) is 2.69. The summed E-state index contributed by atoms with van der Waals surface area (Å²) in [4.78, 5) is 15.0. The number of hydrogen-bond acceptors (Lipinski definition) is 3. The highest BCUT2D eigenvalue weighted by Gasteiger charge is 2.17. The van der Waals surface area contributed by atoms with Crippen LogP contribution in [0.3, 0.4) is 0 Å². The van der Waals surface area contributed by atoms with Gasteiger partial charge < -0.3 is 10.4 Å². The minimum atomic E-state index is -1.04. The second-order valence-corrected chi connectivity index (χ2v) is 4.61. The summed E-state index contributed by atoms with van der Waals surface area (Å²) in [7, 11) is 0. The van der Waals surface area contributed by atoms with Crippen LogP contribution in [0.25, 0.3) is 0 Å². The minimum absolute atomic E-state index is 0.0720. The lowest BCUT2D eigenvalue weighted by atomic mass is 10.0. The predicted molar refractivity (Wildman–Crippen MR) is 68.7 cm³/mol. The van der Waals surface area contributed by atoms with Crippen LogP contribution < -0.4 is 5.32 Å². The van der Waals surface area contributed by atoms with Gasteiger partial charge in [0.05, 0.1) is 10.6 Å². The van der Waals surface area contributed by atoms with Crippen molar-refractivity contribution in [3.05, 3.63) is 22.8 Å². The molecule has 0 radical (unpaired) electrons. The molecular weight excluding hydrogens is 240 g/mol. The third kappa shape index (κ3) is 3.33. The molecule has 4 nitrogen and oxygen atoms in total. The Morgan fingerprint density at radius 3 is 2.71 bits per heavy atom. The molecule has 0 aliphatic heterocycles. The van der Waals surface area contributed by atoms with Crippen molar-refractivity contribution in [2.75, 3.05) is 5.32 Å². The van der Waals surface area contributed by atoms with E-state index >= 15 is 0 Å². The van der Waals surface area contributed by atoms with Gasteiger partial charge in [0.25, 0.3) is 0 Å². The SMILES string of the molecule is CCC(Nc1nccc(C(=O)O)c1Cl)C(C)C. The highest BCUT2D eigenvalue weighted by atomic mass is 35.5. The smallest absolute Gasteiger partial charge is 0.337 e. The predicted octanol–water partition coefficient (Wildman–Crippen LogP) is 3.28. The first-order valence-corrected chi connectivity index (χ1v) is 5.99. The number of nitrogens with one attached hydrogen (secondary N) is 1. The largest absolute Gasteiger partial charge is 0.478 e. The molecule has 0 aromatic carbocycles. The Labute approximate surface area is 106 Å². The average Bonchev–Trinajstić information content (AvgIpc) is 2.26. The number of aromatic nitrogens is 1. The molecule has 0 saturated heterocycles. The summed E-state index contributed by atoms with van der Waals surface area (Å²) in [6.45, 7) is 6.25. The van der Waals surface area contributed by atoms with E-state index in [1.807, 2.05) is 0 Å². The first kappa shape index (κ1) is 13.8. The molecule has 1 atom stereocenters. The van der Waals surface area contributed by atoms with Crippen molar-refractivity contribution < 1.29 is 9.90 Å². The standard InChI is InChI=1S/C12H17ClN2O2/c1-4-9(7(2)3)15-11-10(13)8(12(16)17)5-6-14-11/h5-7,9H,4H2,1-3H3,(H,14,15)(H,16,17). The van der Waals surface area contributed by atoms with Crippen LogP contribution >= 0.6 is 11.6 Å². The molecule has 1 aromatic heterocycles. The number of pyridine rings is 1. The summed E-state index contributed by atoms with van der Waals surface area (Å²) < 4.78 is 0. The first-order valence-electron chi connectivity index (χ1n) is 5.61. The normalized spacial score (nSPS) is 12.5. The Hall–Kier alpha value is -1.29. The molecule has 94 valence electrons. The van der Waals surface area contributed by atoms with Gasteiger partial charge in [-0.05, 0) is 18.4 Å². The Morgan fingerprint density at radius 2 is 2.24 bits per heavy atom. The molecule has 17 heavy (non-hydrogen) atoms. The third-order valence-corrected chi connectivity index (χ3v) is 3.07. The summed E-state index contributed by atoms with van der Waals surface area (Å²) in [5, 5.41) is 12.3. The topological polar surface area (TPSA) is 62.2 Å². The Bertz CT molecular complexity index is 407. The van der Waals surface area contributed by atoms with Gasteiger partial charge in [0.2, 0.25) is 0 Å². The number of carboxylic acids is 1. The molecule has 1 unspecified atom stereocenters. The van der Waals surface area contributed by atoms with E-state index in [4.69, 9.17) is 16.7 Å². The van der Waals surface area contributed by atoms with Crippen molar-refractivity contribution in [3.8, 4) is 0 Å². The van der Waals surface area contributed by atoms with Crippen molar-refractivity contribution in [3.63, 3.8) is 0 Å². The van der Waals surface area contributed by atoms with Crippen LogP contribution in [0.1, 0.15) is 37.6 Å². The van der Waals surface area contributed by atoms with E-state index in [9.17, 15) is 4.79 Å². The number of aromatic carboxylic acids is 1. The van der Waals surface area contributed by atoms with Gasteiger partial charge in [-0.3, -0.25) is 0 Å². The number of hydrogen-bond donors (Lipinski definition) is 2. The zero-order valence-electron chi connectivity index (χ0n) is 10.2. The maximum atomic E-state index is 10.9. The van der Waals surface area contributed by atoms with Crippen molar-refractivity contribution >= 4 is 23.4 Å². The number of carbonyl (C=O) groups is 1. The quantitative estimate of drug-likeness (QED) is 0.849. The zero-order valence-corrected chi connectivity index (χ0v) is 11.0. The van der Waals surface area contributed by atoms with E-state index < -0.39 is 5.97 Å². The molecule has 1 aromatic rings. The van der Waals surface area contributed by atoms with E-state index in [2.05, 4.69) is 31.1 Å². The molecule has 1 rings (SSSR count). The van der Waals surface area contributed by atoms with Crippen LogP contribution in [0.2, 0.25) is 5.02 Å². The van der Waals surface area contributed by atoms with Gasteiger partial charge in [0.15, 0.2) is 0 Å². The molecule has 0 aliphatic rings. The first-order chi connectivity index (χ1) is 7.97. The van der Waals surface area contributed by atoms with Gasteiger partial charge in [-0.15, -0.1) is 0 Å². The van der Waals surface area contributed by atoms with E-state index in [1.165, 1.54) is 12.3 Å². The summed E-state index contributed by atoms with van der Waals surface area (Å²) in [6.07, 6.45) is 2.37. The molecule has 0 saturated carbocycles. The molecule has 0 spiro atoms. The van der Waals surface area contributed by atoms with E-state index in [-0.39, 0.29) is 16.6 Å². The maximum absolute atomic E-state index is 10.9. The average molecular weight is 257 g/mol. The summed E-state index contributed by atoms with van der Waals surface area (Å²) in [5.74, 6) is -0.184. The Kier molecular flexibility index (Phi) is 4.75. The lowest BCUT2D eigenvalue weighted by Gasteiger charge is -2.22. The number of anilines is 1. The molecule has 0 aliphatic carbocycles. The summed E-state index contributed by atoms with van der Waals surface area (Å²) in [6, 6.07) is 1.62. The van der Waals surface area contributed by atoms with Gasteiger partial charge in [-0.25, -0.2) is 9.78 Å². The van der Waals surface area contributed by atoms with Crippen molar-refractivity contribution in [1.29, 1.82) is 0 Å². The molecule has 5 heteroatoms. The molecular formula is C12H17ClN2O2. The van der Waals surface area contributed by atoms with Crippen LogP contribution in [0.15, 0.2) is 12.3 Å². The van der Waals surface area contributed by atoms with E-state index in [0.717, 1.165) is 6.42 Å². The number of halogens is 1. The monoisotopic (exact) mass is 256 g/mol. The van der Waals surface area contributed by atoms with Crippen LogP contribution in [0.5, 0.6) is 0 Å².